The Morgan fingerprint density at radius 3 is 2.47 bits per heavy atom. The third-order valence-electron chi connectivity index (χ3n) is 2.61. The van der Waals surface area contributed by atoms with Crippen LogP contribution in [0.5, 0.6) is 5.75 Å². The number of carbonyl (C=O) groups is 1. The van der Waals surface area contributed by atoms with Gasteiger partial charge in [-0.1, -0.05) is 29.3 Å². The van der Waals surface area contributed by atoms with E-state index in [0.29, 0.717) is 21.4 Å². The molecule has 98 valence electrons. The normalized spacial score (nSPS) is 10.3. The SMILES string of the molecule is Cc1ccc(Cl)c(OCC(=O)c2ccc(Cl)cc2)c1. The van der Waals surface area contributed by atoms with Crippen molar-refractivity contribution in [3.63, 3.8) is 0 Å². The monoisotopic (exact) mass is 294 g/mol. The average molecular weight is 295 g/mol. The third-order valence-corrected chi connectivity index (χ3v) is 3.18. The van der Waals surface area contributed by atoms with Crippen molar-refractivity contribution >= 4 is 29.0 Å². The molecule has 4 heteroatoms. The van der Waals surface area contributed by atoms with Gasteiger partial charge in [0.1, 0.15) is 5.75 Å². The third kappa shape index (κ3) is 3.72. The number of halogens is 2. The highest BCUT2D eigenvalue weighted by atomic mass is 35.5. The molecule has 0 unspecified atom stereocenters. The van der Waals surface area contributed by atoms with Crippen molar-refractivity contribution in [3.05, 3.63) is 63.6 Å². The van der Waals surface area contributed by atoms with Gasteiger partial charge in [-0.05, 0) is 48.9 Å². The van der Waals surface area contributed by atoms with E-state index >= 15 is 0 Å². The molecule has 2 aromatic rings. The first-order valence-corrected chi connectivity index (χ1v) is 6.49. The molecule has 0 aromatic heterocycles. The summed E-state index contributed by atoms with van der Waals surface area (Å²) in [4.78, 5) is 11.9. The molecule has 0 saturated carbocycles. The molecule has 0 radical (unpaired) electrons. The van der Waals surface area contributed by atoms with Gasteiger partial charge in [0.05, 0.1) is 5.02 Å². The number of hydrogen-bond donors (Lipinski definition) is 0. The molecule has 0 saturated heterocycles. The van der Waals surface area contributed by atoms with Crippen LogP contribution in [0.15, 0.2) is 42.5 Å². The second-order valence-corrected chi connectivity index (χ2v) is 5.00. The summed E-state index contributed by atoms with van der Waals surface area (Å²) in [7, 11) is 0. The molecule has 0 amide bonds. The fraction of sp³-hybridized carbons (Fsp3) is 0.133. The zero-order valence-corrected chi connectivity index (χ0v) is 11.8. The molecule has 0 heterocycles. The summed E-state index contributed by atoms with van der Waals surface area (Å²) in [6, 6.07) is 12.1. The minimum atomic E-state index is -0.116. The highest BCUT2D eigenvalue weighted by Gasteiger charge is 2.08. The molecular formula is C15H12Cl2O2. The van der Waals surface area contributed by atoms with Gasteiger partial charge in [-0.25, -0.2) is 0 Å². The van der Waals surface area contributed by atoms with E-state index in [9.17, 15) is 4.79 Å². The van der Waals surface area contributed by atoms with E-state index in [0.717, 1.165) is 5.56 Å². The van der Waals surface area contributed by atoms with Crippen molar-refractivity contribution in [3.8, 4) is 5.75 Å². The maximum Gasteiger partial charge on any atom is 0.200 e. The summed E-state index contributed by atoms with van der Waals surface area (Å²) in [5.41, 5.74) is 1.59. The molecule has 2 nitrogen and oxygen atoms in total. The average Bonchev–Trinajstić information content (AvgIpc) is 2.40. The summed E-state index contributed by atoms with van der Waals surface area (Å²) >= 11 is 11.8. The molecule has 0 N–H and O–H groups in total. The summed E-state index contributed by atoms with van der Waals surface area (Å²) in [5, 5.41) is 1.09. The Balaban J connectivity index is 2.04. The van der Waals surface area contributed by atoms with Crippen molar-refractivity contribution in [2.75, 3.05) is 6.61 Å². The largest absolute Gasteiger partial charge is 0.484 e. The smallest absolute Gasteiger partial charge is 0.200 e. The van der Waals surface area contributed by atoms with Gasteiger partial charge in [-0.3, -0.25) is 4.79 Å². The van der Waals surface area contributed by atoms with Crippen LogP contribution in [0.2, 0.25) is 10.0 Å². The fourth-order valence-electron chi connectivity index (χ4n) is 1.58. The Hall–Kier alpha value is -1.51. The van der Waals surface area contributed by atoms with E-state index in [1.807, 2.05) is 13.0 Å². The molecule has 19 heavy (non-hydrogen) atoms. The lowest BCUT2D eigenvalue weighted by Gasteiger charge is -2.08. The molecule has 0 atom stereocenters. The fourth-order valence-corrected chi connectivity index (χ4v) is 1.88. The van der Waals surface area contributed by atoms with Crippen molar-refractivity contribution in [1.29, 1.82) is 0 Å². The summed E-state index contributed by atoms with van der Waals surface area (Å²) in [6.07, 6.45) is 0. The van der Waals surface area contributed by atoms with Crippen LogP contribution < -0.4 is 4.74 Å². The van der Waals surface area contributed by atoms with Gasteiger partial charge < -0.3 is 4.74 Å². The zero-order valence-electron chi connectivity index (χ0n) is 10.3. The molecule has 0 fully saturated rings. The summed E-state index contributed by atoms with van der Waals surface area (Å²) < 4.78 is 5.45. The first-order valence-electron chi connectivity index (χ1n) is 5.74. The maximum atomic E-state index is 11.9. The van der Waals surface area contributed by atoms with Crippen molar-refractivity contribution < 1.29 is 9.53 Å². The summed E-state index contributed by atoms with van der Waals surface area (Å²) in [6.45, 7) is 1.88. The van der Waals surface area contributed by atoms with Gasteiger partial charge in [0.2, 0.25) is 0 Å². The minimum absolute atomic E-state index is 0.0508. The van der Waals surface area contributed by atoms with Gasteiger partial charge >= 0.3 is 0 Å². The van der Waals surface area contributed by atoms with Crippen molar-refractivity contribution in [2.45, 2.75) is 6.92 Å². The number of ketones is 1. The second kappa shape index (κ2) is 6.09. The molecule has 0 spiro atoms. The van der Waals surface area contributed by atoms with Crippen LogP contribution in [0.4, 0.5) is 0 Å². The molecular weight excluding hydrogens is 283 g/mol. The number of rotatable bonds is 4. The minimum Gasteiger partial charge on any atom is -0.484 e. The number of carbonyl (C=O) groups excluding carboxylic acids is 1. The Bertz CT molecular complexity index is 592. The Morgan fingerprint density at radius 2 is 1.79 bits per heavy atom. The van der Waals surface area contributed by atoms with E-state index in [-0.39, 0.29) is 12.4 Å². The second-order valence-electron chi connectivity index (χ2n) is 4.15. The molecule has 0 aliphatic carbocycles. The topological polar surface area (TPSA) is 26.3 Å². The first kappa shape index (κ1) is 13.9. The van der Waals surface area contributed by atoms with Gasteiger partial charge in [0, 0.05) is 10.6 Å². The molecule has 0 bridgehead atoms. The van der Waals surface area contributed by atoms with Gasteiger partial charge in [0.25, 0.3) is 0 Å². The Labute approximate surface area is 121 Å². The van der Waals surface area contributed by atoms with E-state index in [1.54, 1.807) is 36.4 Å². The van der Waals surface area contributed by atoms with Crippen LogP contribution >= 0.6 is 23.2 Å². The van der Waals surface area contributed by atoms with Crippen molar-refractivity contribution in [2.24, 2.45) is 0 Å². The van der Waals surface area contributed by atoms with Crippen LogP contribution in [-0.2, 0) is 0 Å². The van der Waals surface area contributed by atoms with E-state index in [4.69, 9.17) is 27.9 Å². The Kier molecular flexibility index (Phi) is 4.46. The number of hydrogen-bond acceptors (Lipinski definition) is 2. The van der Waals surface area contributed by atoms with Gasteiger partial charge in [-0.15, -0.1) is 0 Å². The molecule has 0 aliphatic rings. The van der Waals surface area contributed by atoms with Crippen LogP contribution in [0, 0.1) is 6.92 Å². The quantitative estimate of drug-likeness (QED) is 0.773. The van der Waals surface area contributed by atoms with Gasteiger partial charge in [-0.2, -0.15) is 0 Å². The van der Waals surface area contributed by atoms with Crippen LogP contribution in [-0.4, -0.2) is 12.4 Å². The lowest BCUT2D eigenvalue weighted by atomic mass is 10.1. The van der Waals surface area contributed by atoms with E-state index in [2.05, 4.69) is 0 Å². The highest BCUT2D eigenvalue weighted by Crippen LogP contribution is 2.25. The zero-order chi connectivity index (χ0) is 13.8. The molecule has 2 rings (SSSR count). The number of Topliss-reactive ketones (excluding diaryl/α,β-unsaturated/α-hetero) is 1. The highest BCUT2D eigenvalue weighted by molar-refractivity contribution is 6.32. The predicted octanol–water partition coefficient (Wildman–Crippen LogP) is 4.56. The standard InChI is InChI=1S/C15H12Cl2O2/c1-10-2-7-13(17)15(8-10)19-9-14(18)11-3-5-12(16)6-4-11/h2-8H,9H2,1H3. The Morgan fingerprint density at radius 1 is 1.11 bits per heavy atom. The summed E-state index contributed by atoms with van der Waals surface area (Å²) in [5.74, 6) is 0.401. The van der Waals surface area contributed by atoms with Crippen LogP contribution in [0.1, 0.15) is 15.9 Å². The van der Waals surface area contributed by atoms with Crippen LogP contribution in [0.3, 0.4) is 0 Å². The lowest BCUT2D eigenvalue weighted by molar-refractivity contribution is 0.0921. The maximum absolute atomic E-state index is 11.9. The predicted molar refractivity (Wildman–Crippen MR) is 77.5 cm³/mol. The van der Waals surface area contributed by atoms with E-state index in [1.165, 1.54) is 0 Å². The molecule has 0 aliphatic heterocycles. The number of aryl methyl sites for hydroxylation is 1. The number of ether oxygens (including phenoxy) is 1. The lowest BCUT2D eigenvalue weighted by Crippen LogP contribution is -2.11. The number of benzene rings is 2. The van der Waals surface area contributed by atoms with Crippen molar-refractivity contribution in [1.82, 2.24) is 0 Å². The van der Waals surface area contributed by atoms with E-state index < -0.39 is 0 Å². The van der Waals surface area contributed by atoms with Crippen LogP contribution in [0.25, 0.3) is 0 Å². The van der Waals surface area contributed by atoms with Gasteiger partial charge in [0.15, 0.2) is 12.4 Å². The molecule has 2 aromatic carbocycles. The first-order chi connectivity index (χ1) is 9.06.